The molecule has 2 fully saturated rings. The molecule has 0 radical (unpaired) electrons. The number of carboxylic acid groups (broad SMARTS) is 1. The third kappa shape index (κ3) is 3.49. The number of carbonyl (C=O) groups excluding carboxylic acids is 2. The van der Waals surface area contributed by atoms with E-state index >= 15 is 0 Å². The zero-order chi connectivity index (χ0) is 25.1. The number of Topliss-reactive ketones (excluding diaryl/α,β-unsaturated/α-hetero) is 1. The summed E-state index contributed by atoms with van der Waals surface area (Å²) in [4.78, 5) is 36.2. The molecule has 4 rings (SSSR count). The molecule has 4 aliphatic carbocycles. The number of hydrogen-bond donors (Lipinski definition) is 1. The second-order valence-electron chi connectivity index (χ2n) is 13.1. The number of aliphatic carboxylic acids is 1. The number of allylic oxidation sites excluding steroid dienone is 3. The van der Waals surface area contributed by atoms with Crippen LogP contribution in [-0.4, -0.2) is 23.1 Å². The number of aldehydes is 1. The monoisotopic (exact) mass is 468 g/mol. The summed E-state index contributed by atoms with van der Waals surface area (Å²) in [7, 11) is 0. The lowest BCUT2D eigenvalue weighted by Crippen LogP contribution is -2.54. The van der Waals surface area contributed by atoms with Crippen LogP contribution in [0.15, 0.2) is 22.8 Å². The molecule has 6 unspecified atom stereocenters. The van der Waals surface area contributed by atoms with Crippen molar-refractivity contribution >= 4 is 18.0 Å². The Morgan fingerprint density at radius 2 is 1.74 bits per heavy atom. The lowest BCUT2D eigenvalue weighted by molar-refractivity contribution is -0.139. The van der Waals surface area contributed by atoms with Gasteiger partial charge in [-0.05, 0) is 92.8 Å². The third-order valence-corrected chi connectivity index (χ3v) is 11.5. The average Bonchev–Trinajstić information content (AvgIpc) is 3.05. The smallest absolute Gasteiger partial charge is 0.330 e. The minimum Gasteiger partial charge on any atom is -0.478 e. The first-order valence-corrected chi connectivity index (χ1v) is 13.4. The van der Waals surface area contributed by atoms with Crippen LogP contribution in [0.3, 0.4) is 0 Å². The molecule has 0 aromatic heterocycles. The molecule has 0 aromatic carbocycles. The Kier molecular flexibility index (Phi) is 6.31. The van der Waals surface area contributed by atoms with Gasteiger partial charge in [-0.3, -0.25) is 4.79 Å². The first kappa shape index (κ1) is 25.4. The van der Waals surface area contributed by atoms with Crippen LogP contribution in [0.5, 0.6) is 0 Å². The normalized spacial score (nSPS) is 40.3. The number of rotatable bonds is 6. The van der Waals surface area contributed by atoms with Gasteiger partial charge in [-0.2, -0.15) is 0 Å². The molecule has 0 bridgehead atoms. The van der Waals surface area contributed by atoms with Crippen molar-refractivity contribution in [2.45, 2.75) is 106 Å². The van der Waals surface area contributed by atoms with E-state index in [2.05, 4.69) is 34.6 Å². The summed E-state index contributed by atoms with van der Waals surface area (Å²) >= 11 is 0. The molecular weight excluding hydrogens is 424 g/mol. The molecule has 6 atom stereocenters. The van der Waals surface area contributed by atoms with Crippen LogP contribution >= 0.6 is 0 Å². The molecule has 0 spiro atoms. The molecule has 188 valence electrons. The number of hydrogen-bond acceptors (Lipinski definition) is 3. The third-order valence-electron chi connectivity index (χ3n) is 11.5. The molecule has 0 saturated heterocycles. The Morgan fingerprint density at radius 3 is 2.38 bits per heavy atom. The first-order chi connectivity index (χ1) is 15.8. The van der Waals surface area contributed by atoms with Crippen LogP contribution in [0.4, 0.5) is 0 Å². The maximum absolute atomic E-state index is 12.8. The molecule has 0 aromatic rings. The number of carbonyl (C=O) groups is 3. The van der Waals surface area contributed by atoms with Crippen molar-refractivity contribution in [1.82, 2.24) is 0 Å². The number of carboxylic acids is 1. The molecule has 34 heavy (non-hydrogen) atoms. The summed E-state index contributed by atoms with van der Waals surface area (Å²) in [6, 6.07) is 0. The number of fused-ring (bicyclic) bond motifs is 4. The predicted octanol–water partition coefficient (Wildman–Crippen LogP) is 6.93. The van der Waals surface area contributed by atoms with E-state index in [1.54, 1.807) is 24.1 Å². The standard InChI is InChI=1S/C30H44O4/c1-19(26(33)34)8-7-9-20(18-31)21-12-16-30(6)23-10-11-24-27(2,3)25(32)14-15-28(24,4)22(23)13-17-29(21,30)5/h8,18,20-21,24H,7,9-17H2,1-6H3,(H,33,34)/b19-8+. The van der Waals surface area contributed by atoms with Crippen molar-refractivity contribution in [3.8, 4) is 0 Å². The summed E-state index contributed by atoms with van der Waals surface area (Å²) in [5.74, 6) is 0.305. The fourth-order valence-corrected chi connectivity index (χ4v) is 9.16. The van der Waals surface area contributed by atoms with E-state index in [1.807, 2.05) is 0 Å². The summed E-state index contributed by atoms with van der Waals surface area (Å²) in [6.45, 7) is 13.3. The summed E-state index contributed by atoms with van der Waals surface area (Å²) in [6.07, 6.45) is 12.6. The first-order valence-electron chi connectivity index (χ1n) is 13.4. The van der Waals surface area contributed by atoms with Gasteiger partial charge in [0.1, 0.15) is 12.1 Å². The largest absolute Gasteiger partial charge is 0.478 e. The van der Waals surface area contributed by atoms with Gasteiger partial charge in [-0.1, -0.05) is 51.8 Å². The van der Waals surface area contributed by atoms with E-state index in [0.717, 1.165) is 57.7 Å². The molecular formula is C30H44O4. The van der Waals surface area contributed by atoms with Gasteiger partial charge in [0.2, 0.25) is 0 Å². The highest BCUT2D eigenvalue weighted by Crippen LogP contribution is 2.72. The van der Waals surface area contributed by atoms with Gasteiger partial charge in [0, 0.05) is 23.3 Å². The zero-order valence-electron chi connectivity index (χ0n) is 22.1. The van der Waals surface area contributed by atoms with Crippen LogP contribution < -0.4 is 0 Å². The van der Waals surface area contributed by atoms with Crippen molar-refractivity contribution < 1.29 is 19.5 Å². The van der Waals surface area contributed by atoms with Gasteiger partial charge < -0.3 is 9.90 Å². The molecule has 2 saturated carbocycles. The molecule has 0 aliphatic heterocycles. The fraction of sp³-hybridized carbons (Fsp3) is 0.767. The number of ketones is 1. The van der Waals surface area contributed by atoms with Crippen LogP contribution in [0.2, 0.25) is 0 Å². The van der Waals surface area contributed by atoms with Crippen LogP contribution in [0.1, 0.15) is 106 Å². The van der Waals surface area contributed by atoms with Crippen LogP contribution in [0, 0.1) is 39.4 Å². The van der Waals surface area contributed by atoms with E-state index in [9.17, 15) is 14.4 Å². The van der Waals surface area contributed by atoms with E-state index in [-0.39, 0.29) is 27.6 Å². The van der Waals surface area contributed by atoms with Gasteiger partial charge in [0.05, 0.1) is 0 Å². The average molecular weight is 469 g/mol. The lowest BCUT2D eigenvalue weighted by atomic mass is 9.43. The Balaban J connectivity index is 1.64. The second-order valence-corrected chi connectivity index (χ2v) is 13.1. The Morgan fingerprint density at radius 1 is 1.03 bits per heavy atom. The summed E-state index contributed by atoms with van der Waals surface area (Å²) in [5.41, 5.74) is 3.77. The summed E-state index contributed by atoms with van der Waals surface area (Å²) < 4.78 is 0. The van der Waals surface area contributed by atoms with Gasteiger partial charge in [-0.15, -0.1) is 0 Å². The van der Waals surface area contributed by atoms with Crippen molar-refractivity contribution in [2.24, 2.45) is 39.4 Å². The second kappa shape index (κ2) is 8.45. The van der Waals surface area contributed by atoms with Gasteiger partial charge in [0.25, 0.3) is 0 Å². The van der Waals surface area contributed by atoms with E-state index in [0.29, 0.717) is 36.0 Å². The Labute approximate surface area is 205 Å². The van der Waals surface area contributed by atoms with Gasteiger partial charge >= 0.3 is 5.97 Å². The highest BCUT2D eigenvalue weighted by molar-refractivity contribution is 5.86. The Bertz CT molecular complexity index is 955. The predicted molar refractivity (Wildman–Crippen MR) is 134 cm³/mol. The van der Waals surface area contributed by atoms with E-state index in [1.165, 1.54) is 0 Å². The maximum atomic E-state index is 12.8. The molecule has 1 N–H and O–H groups in total. The van der Waals surface area contributed by atoms with Crippen molar-refractivity contribution in [3.63, 3.8) is 0 Å². The molecule has 4 nitrogen and oxygen atoms in total. The van der Waals surface area contributed by atoms with Crippen molar-refractivity contribution in [2.75, 3.05) is 0 Å². The topological polar surface area (TPSA) is 71.4 Å². The van der Waals surface area contributed by atoms with E-state index in [4.69, 9.17) is 5.11 Å². The van der Waals surface area contributed by atoms with Crippen LogP contribution in [-0.2, 0) is 14.4 Å². The zero-order valence-corrected chi connectivity index (χ0v) is 22.1. The lowest BCUT2D eigenvalue weighted by Gasteiger charge is -2.60. The molecule has 0 amide bonds. The van der Waals surface area contributed by atoms with E-state index < -0.39 is 5.97 Å². The fourth-order valence-electron chi connectivity index (χ4n) is 9.16. The van der Waals surface area contributed by atoms with Crippen molar-refractivity contribution in [3.05, 3.63) is 22.8 Å². The minimum absolute atomic E-state index is 0.0232. The minimum atomic E-state index is -0.883. The van der Waals surface area contributed by atoms with Gasteiger partial charge in [-0.25, -0.2) is 4.79 Å². The SMILES string of the molecule is C/C(=C\CCC(C=O)C1CCC2(C)C3=C(CCC12C)C1(C)CCC(=O)C(C)(C)C1CC3)C(=O)O. The highest BCUT2D eigenvalue weighted by Gasteiger charge is 2.63. The quantitative estimate of drug-likeness (QED) is 0.261. The van der Waals surface area contributed by atoms with Crippen LogP contribution in [0.25, 0.3) is 0 Å². The summed E-state index contributed by atoms with van der Waals surface area (Å²) in [5, 5.41) is 9.14. The van der Waals surface area contributed by atoms with Gasteiger partial charge in [0.15, 0.2) is 0 Å². The molecule has 4 aliphatic rings. The Hall–Kier alpha value is -1.71. The maximum Gasteiger partial charge on any atom is 0.330 e. The van der Waals surface area contributed by atoms with Crippen molar-refractivity contribution in [1.29, 1.82) is 0 Å². The molecule has 4 heteroatoms. The molecule has 0 heterocycles. The highest BCUT2D eigenvalue weighted by atomic mass is 16.4.